The van der Waals surface area contributed by atoms with Crippen LogP contribution in [0.15, 0.2) is 48.5 Å². The summed E-state index contributed by atoms with van der Waals surface area (Å²) in [6.07, 6.45) is 2.92. The number of aryl methyl sites for hydroxylation is 2. The minimum absolute atomic E-state index is 0.374. The van der Waals surface area contributed by atoms with E-state index in [-0.39, 0.29) is 6.61 Å². The van der Waals surface area contributed by atoms with Crippen LogP contribution in [0.4, 0.5) is 5.69 Å². The second kappa shape index (κ2) is 8.31. The van der Waals surface area contributed by atoms with Crippen molar-refractivity contribution in [1.29, 1.82) is 0 Å². The van der Waals surface area contributed by atoms with E-state index in [2.05, 4.69) is 5.32 Å². The molecule has 24 heavy (non-hydrogen) atoms. The van der Waals surface area contributed by atoms with Gasteiger partial charge in [0.2, 0.25) is 0 Å². The maximum absolute atomic E-state index is 11.8. The Morgan fingerprint density at radius 1 is 1.08 bits per heavy atom. The molecule has 0 saturated heterocycles. The number of halogens is 1. The molecule has 1 amide bonds. The Bertz CT molecular complexity index is 767. The van der Waals surface area contributed by atoms with Crippen molar-refractivity contribution in [3.8, 4) is 0 Å². The van der Waals surface area contributed by atoms with E-state index in [9.17, 15) is 9.59 Å². The largest absolute Gasteiger partial charge is 0.452 e. The van der Waals surface area contributed by atoms with Crippen LogP contribution in [0.25, 0.3) is 6.08 Å². The third kappa shape index (κ3) is 5.56. The molecular formula is C19H18ClNO3. The highest BCUT2D eigenvalue weighted by atomic mass is 35.5. The van der Waals surface area contributed by atoms with Gasteiger partial charge < -0.3 is 10.1 Å². The highest BCUT2D eigenvalue weighted by Gasteiger charge is 2.08. The monoisotopic (exact) mass is 343 g/mol. The molecule has 0 aromatic heterocycles. The van der Waals surface area contributed by atoms with Crippen LogP contribution >= 0.6 is 11.6 Å². The van der Waals surface area contributed by atoms with Gasteiger partial charge in [-0.3, -0.25) is 4.79 Å². The Kier molecular flexibility index (Phi) is 6.15. The lowest BCUT2D eigenvalue weighted by Crippen LogP contribution is -2.20. The maximum atomic E-state index is 11.8. The number of nitrogens with one attached hydrogen (secondary N) is 1. The molecule has 0 atom stereocenters. The summed E-state index contributed by atoms with van der Waals surface area (Å²) < 4.78 is 4.90. The molecule has 0 fully saturated rings. The lowest BCUT2D eigenvalue weighted by molar-refractivity contribution is -0.142. The molecule has 0 spiro atoms. The van der Waals surface area contributed by atoms with E-state index >= 15 is 0 Å². The van der Waals surface area contributed by atoms with Crippen molar-refractivity contribution in [1.82, 2.24) is 0 Å². The molecule has 124 valence electrons. The van der Waals surface area contributed by atoms with Gasteiger partial charge in [0, 0.05) is 6.08 Å². The fourth-order valence-corrected chi connectivity index (χ4v) is 2.22. The molecule has 0 unspecified atom stereocenters. The van der Waals surface area contributed by atoms with Crippen molar-refractivity contribution in [3.05, 3.63) is 70.3 Å². The van der Waals surface area contributed by atoms with Crippen LogP contribution in [0.2, 0.25) is 5.02 Å². The number of amides is 1. The van der Waals surface area contributed by atoms with Crippen LogP contribution in [-0.4, -0.2) is 18.5 Å². The van der Waals surface area contributed by atoms with Crippen LogP contribution in [0.3, 0.4) is 0 Å². The second-order valence-corrected chi connectivity index (χ2v) is 5.79. The number of benzene rings is 2. The first kappa shape index (κ1) is 17.8. The van der Waals surface area contributed by atoms with Gasteiger partial charge in [-0.15, -0.1) is 0 Å². The summed E-state index contributed by atoms with van der Waals surface area (Å²) in [5.41, 5.74) is 3.50. The number of hydrogen-bond acceptors (Lipinski definition) is 3. The third-order valence-corrected chi connectivity index (χ3v) is 3.55. The molecule has 2 aromatic carbocycles. The van der Waals surface area contributed by atoms with E-state index in [1.807, 2.05) is 44.2 Å². The SMILES string of the molecule is Cc1ccc(/C=C/C(=O)OCC(=O)Nc2ccc(C)cc2Cl)cc1. The maximum Gasteiger partial charge on any atom is 0.331 e. The lowest BCUT2D eigenvalue weighted by atomic mass is 10.1. The number of anilines is 1. The molecule has 4 nitrogen and oxygen atoms in total. The summed E-state index contributed by atoms with van der Waals surface area (Å²) in [5.74, 6) is -1.03. The predicted octanol–water partition coefficient (Wildman–Crippen LogP) is 4.15. The minimum atomic E-state index is -0.583. The normalized spacial score (nSPS) is 10.6. The van der Waals surface area contributed by atoms with Gasteiger partial charge in [0.1, 0.15) is 0 Å². The first-order chi connectivity index (χ1) is 11.4. The quantitative estimate of drug-likeness (QED) is 0.655. The molecule has 0 heterocycles. The zero-order chi connectivity index (χ0) is 17.5. The number of rotatable bonds is 5. The predicted molar refractivity (Wildman–Crippen MR) is 96.0 cm³/mol. The molecule has 0 bridgehead atoms. The Balaban J connectivity index is 1.82. The topological polar surface area (TPSA) is 55.4 Å². The molecular weight excluding hydrogens is 326 g/mol. The Morgan fingerprint density at radius 3 is 2.42 bits per heavy atom. The third-order valence-electron chi connectivity index (χ3n) is 3.23. The number of carbonyl (C=O) groups excluding carboxylic acids is 2. The van der Waals surface area contributed by atoms with Crippen molar-refractivity contribution < 1.29 is 14.3 Å². The average Bonchev–Trinajstić information content (AvgIpc) is 2.55. The Morgan fingerprint density at radius 2 is 1.75 bits per heavy atom. The van der Waals surface area contributed by atoms with E-state index in [0.717, 1.165) is 16.7 Å². The summed E-state index contributed by atoms with van der Waals surface area (Å²) >= 11 is 6.03. The number of carbonyl (C=O) groups is 2. The fraction of sp³-hybridized carbons (Fsp3) is 0.158. The number of hydrogen-bond donors (Lipinski definition) is 1. The number of esters is 1. The van der Waals surface area contributed by atoms with E-state index in [1.165, 1.54) is 6.08 Å². The van der Waals surface area contributed by atoms with E-state index < -0.39 is 11.9 Å². The standard InChI is InChI=1S/C19H18ClNO3/c1-13-3-6-15(7-4-13)8-10-19(23)24-12-18(22)21-17-9-5-14(2)11-16(17)20/h3-11H,12H2,1-2H3,(H,21,22)/b10-8+. The highest BCUT2D eigenvalue weighted by Crippen LogP contribution is 2.22. The summed E-state index contributed by atoms with van der Waals surface area (Å²) in [5, 5.41) is 3.04. The van der Waals surface area contributed by atoms with Gasteiger partial charge in [-0.2, -0.15) is 0 Å². The van der Waals surface area contributed by atoms with Crippen molar-refractivity contribution in [2.24, 2.45) is 0 Å². The van der Waals surface area contributed by atoms with Gasteiger partial charge in [-0.1, -0.05) is 47.5 Å². The zero-order valence-corrected chi connectivity index (χ0v) is 14.3. The van der Waals surface area contributed by atoms with Gasteiger partial charge in [-0.25, -0.2) is 4.79 Å². The molecule has 0 aliphatic carbocycles. The van der Waals surface area contributed by atoms with Crippen molar-refractivity contribution in [3.63, 3.8) is 0 Å². The Hall–Kier alpha value is -2.59. The van der Waals surface area contributed by atoms with Crippen molar-refractivity contribution >= 4 is 35.2 Å². The Labute approximate surface area is 146 Å². The van der Waals surface area contributed by atoms with Crippen LogP contribution in [-0.2, 0) is 14.3 Å². The highest BCUT2D eigenvalue weighted by molar-refractivity contribution is 6.33. The van der Waals surface area contributed by atoms with Gasteiger partial charge in [0.15, 0.2) is 6.61 Å². The van der Waals surface area contributed by atoms with Crippen LogP contribution < -0.4 is 5.32 Å². The summed E-state index contributed by atoms with van der Waals surface area (Å²) in [4.78, 5) is 23.4. The van der Waals surface area contributed by atoms with Crippen molar-refractivity contribution in [2.75, 3.05) is 11.9 Å². The van der Waals surface area contributed by atoms with E-state index in [4.69, 9.17) is 16.3 Å². The molecule has 2 aromatic rings. The average molecular weight is 344 g/mol. The summed E-state index contributed by atoms with van der Waals surface area (Å²) in [6.45, 7) is 3.52. The summed E-state index contributed by atoms with van der Waals surface area (Å²) in [7, 11) is 0. The zero-order valence-electron chi connectivity index (χ0n) is 13.5. The molecule has 0 saturated carbocycles. The molecule has 2 rings (SSSR count). The summed E-state index contributed by atoms with van der Waals surface area (Å²) in [6, 6.07) is 13.0. The molecule has 0 aliphatic heterocycles. The second-order valence-electron chi connectivity index (χ2n) is 5.38. The van der Waals surface area contributed by atoms with Gasteiger partial charge in [0.25, 0.3) is 5.91 Å². The van der Waals surface area contributed by atoms with Gasteiger partial charge in [-0.05, 0) is 43.2 Å². The van der Waals surface area contributed by atoms with Crippen molar-refractivity contribution in [2.45, 2.75) is 13.8 Å². The molecule has 5 heteroatoms. The van der Waals surface area contributed by atoms with Crippen LogP contribution in [0.1, 0.15) is 16.7 Å². The van der Waals surface area contributed by atoms with Crippen LogP contribution in [0.5, 0.6) is 0 Å². The minimum Gasteiger partial charge on any atom is -0.452 e. The van der Waals surface area contributed by atoms with Crippen LogP contribution in [0, 0.1) is 13.8 Å². The molecule has 0 radical (unpaired) electrons. The van der Waals surface area contributed by atoms with Gasteiger partial charge in [0.05, 0.1) is 10.7 Å². The lowest BCUT2D eigenvalue weighted by Gasteiger charge is -2.07. The fourth-order valence-electron chi connectivity index (χ4n) is 1.93. The smallest absolute Gasteiger partial charge is 0.331 e. The first-order valence-electron chi connectivity index (χ1n) is 7.41. The molecule has 0 aliphatic rings. The van der Waals surface area contributed by atoms with E-state index in [0.29, 0.717) is 10.7 Å². The van der Waals surface area contributed by atoms with Gasteiger partial charge >= 0.3 is 5.97 Å². The number of ether oxygens (including phenoxy) is 1. The van der Waals surface area contributed by atoms with E-state index in [1.54, 1.807) is 18.2 Å². The first-order valence-corrected chi connectivity index (χ1v) is 7.79. The molecule has 1 N–H and O–H groups in total.